The summed E-state index contributed by atoms with van der Waals surface area (Å²) in [6.45, 7) is 2.15. The van der Waals surface area contributed by atoms with E-state index in [1.807, 2.05) is 12.1 Å². The van der Waals surface area contributed by atoms with E-state index in [1.54, 1.807) is 18.2 Å². The summed E-state index contributed by atoms with van der Waals surface area (Å²) in [6.07, 6.45) is 4.88. The zero-order valence-electron chi connectivity index (χ0n) is 11.3. The van der Waals surface area contributed by atoms with Gasteiger partial charge in [-0.1, -0.05) is 50.5 Å². The van der Waals surface area contributed by atoms with Crippen LogP contribution in [0.1, 0.15) is 49.4 Å². The molecule has 0 atom stereocenters. The van der Waals surface area contributed by atoms with Crippen molar-refractivity contribution in [3.05, 3.63) is 47.8 Å². The van der Waals surface area contributed by atoms with E-state index in [4.69, 9.17) is 0 Å². The molecule has 2 heteroatoms. The summed E-state index contributed by atoms with van der Waals surface area (Å²) in [5.74, 6) is -0.148. The van der Waals surface area contributed by atoms with Gasteiger partial charge in [-0.2, -0.15) is 0 Å². The molecular formula is C17H19FO. The molecule has 0 heterocycles. The number of carbonyl (C=O) groups is 1. The molecule has 1 nitrogen and oxygen atoms in total. The van der Waals surface area contributed by atoms with Crippen LogP contribution in [-0.2, 0) is 0 Å². The molecule has 0 aromatic heterocycles. The number of unbranched alkanes of at least 4 members (excludes halogenated alkanes) is 3. The van der Waals surface area contributed by atoms with Crippen LogP contribution in [0.4, 0.5) is 4.39 Å². The Balaban J connectivity index is 2.20. The molecular weight excluding hydrogens is 239 g/mol. The highest BCUT2D eigenvalue weighted by Gasteiger charge is 2.11. The summed E-state index contributed by atoms with van der Waals surface area (Å²) in [7, 11) is 0. The molecule has 0 aliphatic carbocycles. The van der Waals surface area contributed by atoms with Gasteiger partial charge in [-0.05, 0) is 23.9 Å². The van der Waals surface area contributed by atoms with Crippen LogP contribution in [0.15, 0.2) is 36.4 Å². The lowest BCUT2D eigenvalue weighted by Gasteiger charge is -2.06. The number of hydrogen-bond donors (Lipinski definition) is 0. The molecule has 2 aromatic rings. The van der Waals surface area contributed by atoms with E-state index in [2.05, 4.69) is 6.92 Å². The first-order valence-corrected chi connectivity index (χ1v) is 6.94. The minimum Gasteiger partial charge on any atom is -0.294 e. The number of rotatable bonds is 6. The van der Waals surface area contributed by atoms with Gasteiger partial charge in [-0.15, -0.1) is 0 Å². The first kappa shape index (κ1) is 13.7. The zero-order chi connectivity index (χ0) is 13.7. The second kappa shape index (κ2) is 6.46. The van der Waals surface area contributed by atoms with E-state index in [-0.39, 0.29) is 11.6 Å². The van der Waals surface area contributed by atoms with Crippen molar-refractivity contribution in [1.82, 2.24) is 0 Å². The normalized spacial score (nSPS) is 10.8. The molecule has 0 bridgehead atoms. The van der Waals surface area contributed by atoms with Crippen molar-refractivity contribution in [2.24, 2.45) is 0 Å². The third-order valence-electron chi connectivity index (χ3n) is 3.43. The molecule has 0 unspecified atom stereocenters. The van der Waals surface area contributed by atoms with Crippen LogP contribution in [0.2, 0.25) is 0 Å². The van der Waals surface area contributed by atoms with Crippen molar-refractivity contribution in [2.75, 3.05) is 0 Å². The van der Waals surface area contributed by atoms with Crippen LogP contribution in [0.25, 0.3) is 10.8 Å². The fourth-order valence-electron chi connectivity index (χ4n) is 2.35. The van der Waals surface area contributed by atoms with E-state index in [0.717, 1.165) is 31.1 Å². The van der Waals surface area contributed by atoms with Crippen molar-refractivity contribution in [3.63, 3.8) is 0 Å². The van der Waals surface area contributed by atoms with Crippen LogP contribution in [0.5, 0.6) is 0 Å². The molecule has 0 aliphatic heterocycles. The van der Waals surface area contributed by atoms with Crippen molar-refractivity contribution in [2.45, 2.75) is 39.0 Å². The van der Waals surface area contributed by atoms with Gasteiger partial charge in [0.1, 0.15) is 5.82 Å². The van der Waals surface area contributed by atoms with Gasteiger partial charge in [0, 0.05) is 17.4 Å². The van der Waals surface area contributed by atoms with E-state index in [9.17, 15) is 9.18 Å². The second-order valence-electron chi connectivity index (χ2n) is 4.87. The van der Waals surface area contributed by atoms with Gasteiger partial charge in [-0.25, -0.2) is 4.39 Å². The van der Waals surface area contributed by atoms with Gasteiger partial charge in [0.15, 0.2) is 5.78 Å². The number of halogens is 1. The fraction of sp³-hybridized carbons (Fsp3) is 0.353. The van der Waals surface area contributed by atoms with E-state index < -0.39 is 0 Å². The molecule has 0 amide bonds. The second-order valence-corrected chi connectivity index (χ2v) is 4.87. The van der Waals surface area contributed by atoms with E-state index >= 15 is 0 Å². The minimum absolute atomic E-state index is 0.118. The molecule has 2 aromatic carbocycles. The largest absolute Gasteiger partial charge is 0.294 e. The predicted molar refractivity (Wildman–Crippen MR) is 77.0 cm³/mol. The summed E-state index contributed by atoms with van der Waals surface area (Å²) < 4.78 is 13.7. The molecule has 2 rings (SSSR count). The van der Waals surface area contributed by atoms with Crippen LogP contribution >= 0.6 is 0 Å². The lowest BCUT2D eigenvalue weighted by molar-refractivity contribution is 0.0980. The van der Waals surface area contributed by atoms with Gasteiger partial charge < -0.3 is 0 Å². The van der Waals surface area contributed by atoms with Gasteiger partial charge in [0.05, 0.1) is 0 Å². The third kappa shape index (κ3) is 3.19. The Kier molecular flexibility index (Phi) is 4.67. The van der Waals surface area contributed by atoms with Crippen molar-refractivity contribution < 1.29 is 9.18 Å². The lowest BCUT2D eigenvalue weighted by Crippen LogP contribution is -2.00. The Morgan fingerprint density at radius 3 is 2.47 bits per heavy atom. The van der Waals surface area contributed by atoms with Crippen LogP contribution in [0.3, 0.4) is 0 Å². The summed E-state index contributed by atoms with van der Waals surface area (Å²) in [4.78, 5) is 12.2. The van der Waals surface area contributed by atoms with Crippen LogP contribution in [0, 0.1) is 5.82 Å². The van der Waals surface area contributed by atoms with Crippen molar-refractivity contribution in [1.29, 1.82) is 0 Å². The molecule has 0 N–H and O–H groups in total. The number of ketones is 1. The predicted octanol–water partition coefficient (Wildman–Crippen LogP) is 5.13. The van der Waals surface area contributed by atoms with Gasteiger partial charge in [0.2, 0.25) is 0 Å². The third-order valence-corrected chi connectivity index (χ3v) is 3.43. The van der Waals surface area contributed by atoms with Crippen molar-refractivity contribution >= 4 is 16.6 Å². The summed E-state index contributed by atoms with van der Waals surface area (Å²) in [5, 5.41) is 1.25. The number of fused-ring (bicyclic) bond motifs is 1. The van der Waals surface area contributed by atoms with E-state index in [1.165, 1.54) is 6.07 Å². The summed E-state index contributed by atoms with van der Waals surface area (Å²) >= 11 is 0. The highest BCUT2D eigenvalue weighted by molar-refractivity contribution is 6.08. The smallest absolute Gasteiger partial charge is 0.163 e. The Morgan fingerprint density at radius 1 is 1.00 bits per heavy atom. The van der Waals surface area contributed by atoms with Crippen LogP contribution in [-0.4, -0.2) is 5.78 Å². The van der Waals surface area contributed by atoms with Gasteiger partial charge >= 0.3 is 0 Å². The molecule has 0 saturated heterocycles. The maximum absolute atomic E-state index is 13.7. The SMILES string of the molecule is CCCCCCC(=O)c1ccc(F)c2ccccc12. The quantitative estimate of drug-likeness (QED) is 0.518. The number of hydrogen-bond acceptors (Lipinski definition) is 1. The molecule has 19 heavy (non-hydrogen) atoms. The Labute approximate surface area is 113 Å². The van der Waals surface area contributed by atoms with Gasteiger partial charge in [-0.3, -0.25) is 4.79 Å². The highest BCUT2D eigenvalue weighted by Crippen LogP contribution is 2.23. The number of benzene rings is 2. The Morgan fingerprint density at radius 2 is 1.74 bits per heavy atom. The standard InChI is InChI=1S/C17H19FO/c1-2-3-4-5-10-17(19)15-11-12-16(18)14-9-7-6-8-13(14)15/h6-9,11-12H,2-5,10H2,1H3. The fourth-order valence-corrected chi connectivity index (χ4v) is 2.35. The molecule has 100 valence electrons. The first-order chi connectivity index (χ1) is 9.24. The average molecular weight is 258 g/mol. The summed E-state index contributed by atoms with van der Waals surface area (Å²) in [5.41, 5.74) is 0.647. The van der Waals surface area contributed by atoms with E-state index in [0.29, 0.717) is 17.4 Å². The molecule has 0 fully saturated rings. The maximum Gasteiger partial charge on any atom is 0.163 e. The molecule has 0 radical (unpaired) electrons. The van der Waals surface area contributed by atoms with Gasteiger partial charge in [0.25, 0.3) is 0 Å². The molecule has 0 aliphatic rings. The monoisotopic (exact) mass is 258 g/mol. The Hall–Kier alpha value is -1.70. The lowest BCUT2D eigenvalue weighted by atomic mass is 9.98. The van der Waals surface area contributed by atoms with Crippen molar-refractivity contribution in [3.8, 4) is 0 Å². The summed E-state index contributed by atoms with van der Waals surface area (Å²) in [6, 6.07) is 10.2. The average Bonchev–Trinajstić information content (AvgIpc) is 2.44. The topological polar surface area (TPSA) is 17.1 Å². The maximum atomic E-state index is 13.7. The first-order valence-electron chi connectivity index (χ1n) is 6.94. The minimum atomic E-state index is -0.266. The highest BCUT2D eigenvalue weighted by atomic mass is 19.1. The zero-order valence-corrected chi connectivity index (χ0v) is 11.3. The van der Waals surface area contributed by atoms with Crippen LogP contribution < -0.4 is 0 Å². The Bertz CT molecular complexity index is 574. The molecule has 0 saturated carbocycles. The number of carbonyl (C=O) groups excluding carboxylic acids is 1. The number of Topliss-reactive ketones (excluding diaryl/α,β-unsaturated/α-hetero) is 1. The molecule has 0 spiro atoms.